The molecule has 0 unspecified atom stereocenters. The summed E-state index contributed by atoms with van der Waals surface area (Å²) in [5.74, 6) is 0. The second-order valence-corrected chi connectivity index (χ2v) is 6.68. The van der Waals surface area contributed by atoms with Gasteiger partial charge in [-0.15, -0.1) is 0 Å². The molecule has 1 aromatic heterocycles. The Kier molecular flexibility index (Phi) is 3.13. The molecule has 0 fully saturated rings. The molecule has 0 saturated heterocycles. The first kappa shape index (κ1) is 13.6. The van der Waals surface area contributed by atoms with Gasteiger partial charge in [0, 0.05) is 35.2 Å². The minimum Gasteiger partial charge on any atom is -0.357 e. The Morgan fingerprint density at radius 3 is 2.70 bits per heavy atom. The molecule has 2 atom stereocenters. The highest BCUT2D eigenvalue weighted by atomic mass is 19.1. The zero-order valence-corrected chi connectivity index (χ0v) is 12.7. The second kappa shape index (κ2) is 4.59. The van der Waals surface area contributed by atoms with Crippen molar-refractivity contribution >= 4 is 10.9 Å². The fourth-order valence-electron chi connectivity index (χ4n) is 3.48. The molecule has 3 heteroatoms. The zero-order valence-electron chi connectivity index (χ0n) is 12.7. The van der Waals surface area contributed by atoms with Crippen molar-refractivity contribution in [2.75, 3.05) is 6.54 Å². The van der Waals surface area contributed by atoms with Crippen LogP contribution < -0.4 is 0 Å². The van der Waals surface area contributed by atoms with Gasteiger partial charge in [-0.2, -0.15) is 0 Å². The Hall–Kier alpha value is -1.35. The first-order valence-electron chi connectivity index (χ1n) is 7.41. The van der Waals surface area contributed by atoms with Gasteiger partial charge in [-0.3, -0.25) is 4.90 Å². The smallest absolute Gasteiger partial charge is 0.118 e. The number of nitrogens with zero attached hydrogens (tertiary/aromatic N) is 1. The molecule has 3 rings (SSSR count). The molecule has 108 valence electrons. The normalized spacial score (nSPS) is 24.1. The van der Waals surface area contributed by atoms with Gasteiger partial charge < -0.3 is 4.98 Å². The molecule has 1 N–H and O–H groups in total. The van der Waals surface area contributed by atoms with E-state index in [9.17, 15) is 4.39 Å². The van der Waals surface area contributed by atoms with Crippen LogP contribution in [-0.2, 0) is 6.42 Å². The number of aromatic nitrogens is 1. The number of hydrogen-bond acceptors (Lipinski definition) is 1. The minimum atomic E-state index is -1.16. The van der Waals surface area contributed by atoms with E-state index in [1.807, 2.05) is 0 Å². The minimum absolute atomic E-state index is 0.233. The number of hydrogen-bond donors (Lipinski definition) is 1. The van der Waals surface area contributed by atoms with Crippen LogP contribution in [-0.4, -0.2) is 28.1 Å². The molecule has 1 aliphatic rings. The predicted molar refractivity (Wildman–Crippen MR) is 81.8 cm³/mol. The highest BCUT2D eigenvalue weighted by molar-refractivity contribution is 5.85. The summed E-state index contributed by atoms with van der Waals surface area (Å²) in [6.45, 7) is 8.17. The Morgan fingerprint density at radius 2 is 2.00 bits per heavy atom. The van der Waals surface area contributed by atoms with E-state index in [4.69, 9.17) is 0 Å². The highest BCUT2D eigenvalue weighted by Gasteiger charge is 2.35. The number of nitrogens with one attached hydrogen (secondary N) is 1. The predicted octanol–water partition coefficient (Wildman–Crippen LogP) is 4.22. The summed E-state index contributed by atoms with van der Waals surface area (Å²) in [4.78, 5) is 5.81. The van der Waals surface area contributed by atoms with Crippen LogP contribution in [0.4, 0.5) is 4.39 Å². The van der Waals surface area contributed by atoms with Gasteiger partial charge in [-0.1, -0.05) is 18.2 Å². The number of fused-ring (bicyclic) bond motifs is 3. The average molecular weight is 274 g/mol. The molecule has 0 bridgehead atoms. The van der Waals surface area contributed by atoms with Crippen LogP contribution in [0, 0.1) is 0 Å². The summed E-state index contributed by atoms with van der Waals surface area (Å²) in [6, 6.07) is 9.04. The molecular weight excluding hydrogens is 251 g/mol. The lowest BCUT2D eigenvalue weighted by Gasteiger charge is -2.41. The second-order valence-electron chi connectivity index (χ2n) is 6.68. The highest BCUT2D eigenvalue weighted by Crippen LogP contribution is 2.37. The van der Waals surface area contributed by atoms with E-state index in [1.165, 1.54) is 22.2 Å². The van der Waals surface area contributed by atoms with Crippen molar-refractivity contribution in [3.05, 3.63) is 35.5 Å². The van der Waals surface area contributed by atoms with E-state index in [0.717, 1.165) is 6.42 Å². The number of halogens is 1. The van der Waals surface area contributed by atoms with Crippen LogP contribution in [0.3, 0.4) is 0 Å². The lowest BCUT2D eigenvalue weighted by molar-refractivity contribution is 0.0595. The van der Waals surface area contributed by atoms with E-state index >= 15 is 0 Å². The van der Waals surface area contributed by atoms with Gasteiger partial charge in [0.15, 0.2) is 0 Å². The van der Waals surface area contributed by atoms with Crippen molar-refractivity contribution in [2.45, 2.75) is 51.9 Å². The van der Waals surface area contributed by atoms with Crippen LogP contribution in [0.1, 0.15) is 45.0 Å². The third kappa shape index (κ3) is 2.24. The lowest BCUT2D eigenvalue weighted by atomic mass is 9.92. The van der Waals surface area contributed by atoms with Crippen molar-refractivity contribution < 1.29 is 4.39 Å². The number of H-pyrrole nitrogens is 1. The Labute approximate surface area is 120 Å². The third-order valence-corrected chi connectivity index (χ3v) is 4.39. The van der Waals surface area contributed by atoms with Crippen molar-refractivity contribution in [3.63, 3.8) is 0 Å². The van der Waals surface area contributed by atoms with Crippen LogP contribution >= 0.6 is 0 Å². The largest absolute Gasteiger partial charge is 0.357 e. The maximum absolute atomic E-state index is 14.0. The monoisotopic (exact) mass is 274 g/mol. The zero-order chi connectivity index (χ0) is 14.5. The maximum atomic E-state index is 14.0. The maximum Gasteiger partial charge on any atom is 0.118 e. The molecule has 0 radical (unpaired) electrons. The van der Waals surface area contributed by atoms with Gasteiger partial charge >= 0.3 is 0 Å². The van der Waals surface area contributed by atoms with Gasteiger partial charge in [0.2, 0.25) is 0 Å². The molecule has 20 heavy (non-hydrogen) atoms. The molecule has 2 heterocycles. The van der Waals surface area contributed by atoms with E-state index < -0.39 is 5.67 Å². The molecule has 0 saturated carbocycles. The van der Waals surface area contributed by atoms with Gasteiger partial charge in [0.1, 0.15) is 5.67 Å². The fraction of sp³-hybridized carbons (Fsp3) is 0.529. The van der Waals surface area contributed by atoms with Crippen LogP contribution in [0.25, 0.3) is 10.9 Å². The standard InChI is InChI=1S/C17H23FN2/c1-11-9-14-13-7-5-6-8-15(13)19-16(14)12(2)20(11)10-17(3,4)18/h5-8,11-12,19H,9-10H2,1-4H3/t11-,12-/m1/s1. The SMILES string of the molecule is C[C@@H]1Cc2c([nH]c3ccccc23)[C@@H](C)N1CC(C)(C)F. The summed E-state index contributed by atoms with van der Waals surface area (Å²) in [6.07, 6.45) is 0.986. The van der Waals surface area contributed by atoms with Gasteiger partial charge in [0.25, 0.3) is 0 Å². The van der Waals surface area contributed by atoms with Crippen molar-refractivity contribution in [3.8, 4) is 0 Å². The lowest BCUT2D eigenvalue weighted by Crippen LogP contribution is -2.46. The number of alkyl halides is 1. The summed E-state index contributed by atoms with van der Waals surface area (Å²) >= 11 is 0. The molecular formula is C17H23FN2. The molecule has 0 amide bonds. The van der Waals surface area contributed by atoms with Gasteiger partial charge in [0.05, 0.1) is 0 Å². The molecule has 1 aliphatic heterocycles. The van der Waals surface area contributed by atoms with Crippen LogP contribution in [0.15, 0.2) is 24.3 Å². The van der Waals surface area contributed by atoms with Crippen molar-refractivity contribution in [2.24, 2.45) is 0 Å². The number of rotatable bonds is 2. The topological polar surface area (TPSA) is 19.0 Å². The van der Waals surface area contributed by atoms with Crippen LogP contribution in [0.2, 0.25) is 0 Å². The van der Waals surface area contributed by atoms with E-state index in [0.29, 0.717) is 12.6 Å². The van der Waals surface area contributed by atoms with Crippen molar-refractivity contribution in [1.29, 1.82) is 0 Å². The molecule has 1 aromatic carbocycles. The van der Waals surface area contributed by atoms with Gasteiger partial charge in [-0.25, -0.2) is 4.39 Å². The first-order chi connectivity index (χ1) is 9.37. The van der Waals surface area contributed by atoms with E-state index in [1.54, 1.807) is 13.8 Å². The Morgan fingerprint density at radius 1 is 1.30 bits per heavy atom. The summed E-state index contributed by atoms with van der Waals surface area (Å²) in [7, 11) is 0. The summed E-state index contributed by atoms with van der Waals surface area (Å²) in [5.41, 5.74) is 2.70. The third-order valence-electron chi connectivity index (χ3n) is 4.39. The van der Waals surface area contributed by atoms with Crippen molar-refractivity contribution in [1.82, 2.24) is 9.88 Å². The Balaban J connectivity index is 2.03. The van der Waals surface area contributed by atoms with E-state index in [2.05, 4.69) is 48.0 Å². The summed E-state index contributed by atoms with van der Waals surface area (Å²) < 4.78 is 14.0. The molecule has 0 spiro atoms. The summed E-state index contributed by atoms with van der Waals surface area (Å²) in [5, 5.41) is 1.32. The first-order valence-corrected chi connectivity index (χ1v) is 7.41. The number of aromatic amines is 1. The average Bonchev–Trinajstić information content (AvgIpc) is 2.73. The molecule has 0 aliphatic carbocycles. The Bertz CT molecular complexity index is 623. The van der Waals surface area contributed by atoms with Crippen LogP contribution in [0.5, 0.6) is 0 Å². The van der Waals surface area contributed by atoms with E-state index in [-0.39, 0.29) is 6.04 Å². The molecule has 2 aromatic rings. The number of para-hydroxylation sites is 1. The fourth-order valence-corrected chi connectivity index (χ4v) is 3.48. The number of benzene rings is 1. The van der Waals surface area contributed by atoms with Gasteiger partial charge in [-0.05, 0) is 45.7 Å². The molecule has 2 nitrogen and oxygen atoms in total. The quantitative estimate of drug-likeness (QED) is 0.868.